The van der Waals surface area contributed by atoms with E-state index in [2.05, 4.69) is 20.1 Å². The van der Waals surface area contributed by atoms with E-state index in [9.17, 15) is 9.18 Å². The molecule has 0 spiro atoms. The number of hydrogen-bond acceptors (Lipinski definition) is 10. The highest BCUT2D eigenvalue weighted by Crippen LogP contribution is 2.42. The lowest BCUT2D eigenvalue weighted by molar-refractivity contribution is -0.0250. The van der Waals surface area contributed by atoms with Gasteiger partial charge in [0.15, 0.2) is 5.82 Å². The van der Waals surface area contributed by atoms with Gasteiger partial charge in [0.05, 0.1) is 35.8 Å². The number of alkyl halides is 1. The number of aromatic nitrogens is 5. The Kier molecular flexibility index (Phi) is 7.42. The first-order chi connectivity index (χ1) is 22.7. The summed E-state index contributed by atoms with van der Waals surface area (Å²) in [5, 5.41) is 8.41. The predicted octanol–water partition coefficient (Wildman–Crippen LogP) is 5.82. The Morgan fingerprint density at radius 2 is 2.02 bits per heavy atom. The normalized spacial score (nSPS) is 26.8. The van der Waals surface area contributed by atoms with Gasteiger partial charge in [-0.25, -0.2) is 13.6 Å². The van der Waals surface area contributed by atoms with Crippen molar-refractivity contribution < 1.29 is 27.8 Å². The van der Waals surface area contributed by atoms with E-state index >= 15 is 4.39 Å². The van der Waals surface area contributed by atoms with Gasteiger partial charge in [0.25, 0.3) is 0 Å². The van der Waals surface area contributed by atoms with Crippen LogP contribution in [0.1, 0.15) is 63.0 Å². The van der Waals surface area contributed by atoms with Crippen molar-refractivity contribution in [2.75, 3.05) is 44.3 Å². The first-order valence-electron chi connectivity index (χ1n) is 16.7. The Hall–Kier alpha value is -4.13. The van der Waals surface area contributed by atoms with Gasteiger partial charge in [-0.3, -0.25) is 15.0 Å². The predicted molar refractivity (Wildman–Crippen MR) is 171 cm³/mol. The summed E-state index contributed by atoms with van der Waals surface area (Å²) in [6.45, 7) is 6.36. The highest BCUT2D eigenvalue weighted by Gasteiger charge is 2.49. The van der Waals surface area contributed by atoms with E-state index in [-0.39, 0.29) is 30.4 Å². The van der Waals surface area contributed by atoms with Gasteiger partial charge in [0, 0.05) is 36.7 Å². The Bertz CT molecular complexity index is 1870. The highest BCUT2D eigenvalue weighted by atomic mass is 19.1. The maximum Gasteiger partial charge on any atom is 0.508 e. The van der Waals surface area contributed by atoms with Gasteiger partial charge in [0.2, 0.25) is 0 Å². The van der Waals surface area contributed by atoms with Crippen LogP contribution in [0, 0.1) is 12.7 Å². The molecular formula is C34H39F2N7O4. The summed E-state index contributed by atoms with van der Waals surface area (Å²) < 4.78 is 49.5. The summed E-state index contributed by atoms with van der Waals surface area (Å²) in [4.78, 5) is 31.4. The first kappa shape index (κ1) is 30.2. The van der Waals surface area contributed by atoms with Crippen molar-refractivity contribution in [3.63, 3.8) is 0 Å². The summed E-state index contributed by atoms with van der Waals surface area (Å²) in [6.07, 6.45) is 7.17. The zero-order chi connectivity index (χ0) is 32.3. The number of nitrogens with zero attached hydrogens (tertiary/aromatic N) is 6. The fourth-order valence-corrected chi connectivity index (χ4v) is 8.27. The molecule has 0 unspecified atom stereocenters. The molecule has 11 nitrogen and oxygen atoms in total. The minimum absolute atomic E-state index is 0.0254. The van der Waals surface area contributed by atoms with Gasteiger partial charge >= 0.3 is 12.2 Å². The summed E-state index contributed by atoms with van der Waals surface area (Å²) in [7, 11) is 0. The van der Waals surface area contributed by atoms with Crippen LogP contribution in [0.25, 0.3) is 33.1 Å². The monoisotopic (exact) mass is 647 g/mol. The molecule has 3 saturated heterocycles. The molecule has 3 aromatic heterocycles. The van der Waals surface area contributed by atoms with E-state index in [0.717, 1.165) is 54.3 Å². The standard InChI is InChI=1S/C34H39F2N7O4/c1-20-13-25-23(16-38-41-25)26-22(20)7-5-12-45-32(44)47-33(2)8-3-4-10-42(18-33)30-24-15-37-29(26)27(36)28(24)39-31(40-30)46-19-34-9-6-11-43(34)17-21(35)14-34/h13,15-16,21H,3-12,14,17-19H2,1-2H3,(H,38,41)/t21-,33-,34+/m1/s1. The van der Waals surface area contributed by atoms with Gasteiger partial charge in [0.1, 0.15) is 35.4 Å². The number of anilines is 1. The summed E-state index contributed by atoms with van der Waals surface area (Å²) in [5.74, 6) is -0.128. The molecule has 0 aliphatic carbocycles. The van der Waals surface area contributed by atoms with Crippen LogP contribution in [-0.4, -0.2) is 92.9 Å². The second kappa shape index (κ2) is 11.5. The van der Waals surface area contributed by atoms with Crippen LogP contribution in [-0.2, 0) is 15.9 Å². The number of ether oxygens (including phenoxy) is 3. The third-order valence-corrected chi connectivity index (χ3v) is 10.5. The Morgan fingerprint density at radius 3 is 2.91 bits per heavy atom. The SMILES string of the molecule is Cc1cc2[nH]ncc2c2c1CCCOC(=O)O[C@]1(C)CCCCN(C1)c1nc(OC[C@@]34CCCN3C[C@H](F)C4)nc3c(F)c-2ncc13. The molecule has 4 aromatic rings. The Labute approximate surface area is 271 Å². The van der Waals surface area contributed by atoms with E-state index in [1.165, 1.54) is 0 Å². The molecule has 0 amide bonds. The molecule has 9 rings (SSSR count). The van der Waals surface area contributed by atoms with Crippen LogP contribution in [0.5, 0.6) is 6.01 Å². The van der Waals surface area contributed by atoms with Crippen LogP contribution >= 0.6 is 0 Å². The second-order valence-corrected chi connectivity index (χ2v) is 13.9. The lowest BCUT2D eigenvalue weighted by Crippen LogP contribution is -2.44. The van der Waals surface area contributed by atoms with E-state index < -0.39 is 29.3 Å². The number of halogens is 2. The molecule has 47 heavy (non-hydrogen) atoms. The Morgan fingerprint density at radius 1 is 1.13 bits per heavy atom. The quantitative estimate of drug-likeness (QED) is 0.273. The molecule has 6 bridgehead atoms. The third-order valence-electron chi connectivity index (χ3n) is 10.5. The largest absolute Gasteiger partial charge is 0.508 e. The van der Waals surface area contributed by atoms with Crippen molar-refractivity contribution in [1.82, 2.24) is 30.0 Å². The number of hydrogen-bond donors (Lipinski definition) is 1. The third kappa shape index (κ3) is 5.32. The average molecular weight is 648 g/mol. The maximum absolute atomic E-state index is 17.1. The number of aromatic amines is 1. The lowest BCUT2D eigenvalue weighted by Gasteiger charge is -2.33. The molecule has 1 N–H and O–H groups in total. The first-order valence-corrected chi connectivity index (χ1v) is 16.7. The fourth-order valence-electron chi connectivity index (χ4n) is 8.27. The molecule has 13 heteroatoms. The van der Waals surface area contributed by atoms with Crippen molar-refractivity contribution in [1.29, 1.82) is 0 Å². The van der Waals surface area contributed by atoms with Crippen LogP contribution in [0.2, 0.25) is 0 Å². The van der Waals surface area contributed by atoms with E-state index in [4.69, 9.17) is 24.2 Å². The zero-order valence-corrected chi connectivity index (χ0v) is 26.8. The number of aryl methyl sites for hydroxylation is 1. The van der Waals surface area contributed by atoms with E-state index in [0.29, 0.717) is 62.1 Å². The lowest BCUT2D eigenvalue weighted by atomic mass is 9.92. The van der Waals surface area contributed by atoms with Crippen LogP contribution in [0.4, 0.5) is 19.4 Å². The van der Waals surface area contributed by atoms with Crippen molar-refractivity contribution in [3.05, 3.63) is 35.4 Å². The summed E-state index contributed by atoms with van der Waals surface area (Å²) in [6, 6.07) is 2.01. The number of nitrogens with one attached hydrogen (secondary N) is 1. The van der Waals surface area contributed by atoms with Crippen molar-refractivity contribution in [2.24, 2.45) is 0 Å². The average Bonchev–Trinajstić information content (AvgIpc) is 3.69. The van der Waals surface area contributed by atoms with Gasteiger partial charge < -0.3 is 19.1 Å². The van der Waals surface area contributed by atoms with Crippen LogP contribution in [0.3, 0.4) is 0 Å². The fraction of sp³-hybridized carbons (Fsp3) is 0.559. The van der Waals surface area contributed by atoms with Gasteiger partial charge in [-0.1, -0.05) is 0 Å². The highest BCUT2D eigenvalue weighted by molar-refractivity contribution is 5.99. The van der Waals surface area contributed by atoms with Crippen molar-refractivity contribution in [3.8, 4) is 17.3 Å². The second-order valence-electron chi connectivity index (χ2n) is 13.9. The molecule has 5 aliphatic heterocycles. The van der Waals surface area contributed by atoms with Gasteiger partial charge in [-0.05, 0) is 82.5 Å². The molecular weight excluding hydrogens is 608 g/mol. The molecule has 3 atom stereocenters. The zero-order valence-electron chi connectivity index (χ0n) is 26.8. The van der Waals surface area contributed by atoms with Crippen molar-refractivity contribution in [2.45, 2.75) is 82.5 Å². The maximum atomic E-state index is 17.1. The molecule has 0 saturated carbocycles. The number of carbonyl (C=O) groups is 1. The summed E-state index contributed by atoms with van der Waals surface area (Å²) >= 11 is 0. The molecule has 248 valence electrons. The number of H-pyrrole nitrogens is 1. The molecule has 8 heterocycles. The number of fused-ring (bicyclic) bond motifs is 8. The number of rotatable bonds is 3. The minimum atomic E-state index is -0.908. The van der Waals surface area contributed by atoms with Crippen molar-refractivity contribution >= 4 is 33.8 Å². The minimum Gasteiger partial charge on any atom is -0.461 e. The Balaban J connectivity index is 1.31. The number of pyridine rings is 1. The molecule has 1 aromatic carbocycles. The number of benzene rings is 1. The van der Waals surface area contributed by atoms with Gasteiger partial charge in [-0.15, -0.1) is 0 Å². The molecule has 0 radical (unpaired) electrons. The smallest absolute Gasteiger partial charge is 0.461 e. The van der Waals surface area contributed by atoms with E-state index in [1.807, 2.05) is 24.8 Å². The topological polar surface area (TPSA) is 119 Å². The summed E-state index contributed by atoms with van der Waals surface area (Å²) in [5.41, 5.74) is 2.15. The van der Waals surface area contributed by atoms with Crippen LogP contribution < -0.4 is 9.64 Å². The van der Waals surface area contributed by atoms with E-state index in [1.54, 1.807) is 12.4 Å². The van der Waals surface area contributed by atoms with Gasteiger partial charge in [-0.2, -0.15) is 15.1 Å². The molecule has 3 fully saturated rings. The molecule has 5 aliphatic rings. The van der Waals surface area contributed by atoms with Crippen LogP contribution in [0.15, 0.2) is 18.5 Å². The number of carbonyl (C=O) groups excluding carboxylic acids is 1.